The van der Waals surface area contributed by atoms with Crippen LogP contribution < -0.4 is 0 Å². The lowest BCUT2D eigenvalue weighted by molar-refractivity contribution is 0.261. The van der Waals surface area contributed by atoms with Gasteiger partial charge in [0, 0.05) is 32.6 Å². The van der Waals surface area contributed by atoms with Crippen LogP contribution in [0.5, 0.6) is 0 Å². The number of sulfonamides is 1. The summed E-state index contributed by atoms with van der Waals surface area (Å²) in [5, 5.41) is 13.0. The molecule has 0 radical (unpaired) electrons. The quantitative estimate of drug-likeness (QED) is 0.818. The Kier molecular flexibility index (Phi) is 4.59. The summed E-state index contributed by atoms with van der Waals surface area (Å²) in [7, 11) is -3.74. The number of nitrogens with zero attached hydrogens (tertiary/aromatic N) is 5. The minimum atomic E-state index is -3.74. The number of aryl methyl sites for hydroxylation is 1. The van der Waals surface area contributed by atoms with Gasteiger partial charge in [0.25, 0.3) is 0 Å². The van der Waals surface area contributed by atoms with Crippen molar-refractivity contribution < 1.29 is 12.9 Å². The van der Waals surface area contributed by atoms with Crippen LogP contribution in [0.2, 0.25) is 0 Å². The van der Waals surface area contributed by atoms with Crippen LogP contribution in [0.25, 0.3) is 0 Å². The average molecular weight is 347 g/mol. The molecule has 1 saturated heterocycles. The number of nitriles is 1. The molecule has 0 amide bonds. The van der Waals surface area contributed by atoms with Gasteiger partial charge in [-0.1, -0.05) is 5.16 Å². The van der Waals surface area contributed by atoms with E-state index < -0.39 is 10.0 Å². The standard InChI is InChI=1S/C15H17N5O3S/c1-11-18-15(19-23-11)8-12-4-3-7-20(10-12)24(21,22)14-5-2-6-17-13(14)9-16/h2,5-6,12H,3-4,7-8,10H2,1H3/t12-/m0/s1. The zero-order valence-electron chi connectivity index (χ0n) is 13.2. The Balaban J connectivity index is 1.80. The van der Waals surface area contributed by atoms with Gasteiger partial charge in [-0.3, -0.25) is 0 Å². The third kappa shape index (κ3) is 3.29. The highest BCUT2D eigenvalue weighted by Gasteiger charge is 2.32. The van der Waals surface area contributed by atoms with Crippen molar-refractivity contribution in [3.63, 3.8) is 0 Å². The SMILES string of the molecule is Cc1nc(C[C@@H]2CCCN(S(=O)(=O)c3cccnc3C#N)C2)no1. The van der Waals surface area contributed by atoms with Gasteiger partial charge in [0.1, 0.15) is 11.0 Å². The summed E-state index contributed by atoms with van der Waals surface area (Å²) in [5.41, 5.74) is -0.0755. The van der Waals surface area contributed by atoms with E-state index >= 15 is 0 Å². The van der Waals surface area contributed by atoms with Gasteiger partial charge in [0.05, 0.1) is 0 Å². The zero-order chi connectivity index (χ0) is 17.2. The first kappa shape index (κ1) is 16.5. The molecule has 3 heterocycles. The van der Waals surface area contributed by atoms with E-state index in [-0.39, 0.29) is 16.5 Å². The third-order valence-electron chi connectivity index (χ3n) is 4.02. The lowest BCUT2D eigenvalue weighted by Crippen LogP contribution is -2.40. The molecule has 24 heavy (non-hydrogen) atoms. The third-order valence-corrected chi connectivity index (χ3v) is 5.91. The molecule has 1 atom stereocenters. The Morgan fingerprint density at radius 3 is 3.04 bits per heavy atom. The first-order valence-corrected chi connectivity index (χ1v) is 9.09. The molecule has 0 bridgehead atoms. The largest absolute Gasteiger partial charge is 0.340 e. The fraction of sp³-hybridized carbons (Fsp3) is 0.467. The molecule has 1 aliphatic heterocycles. The topological polar surface area (TPSA) is 113 Å². The number of aromatic nitrogens is 3. The molecule has 0 spiro atoms. The first-order valence-electron chi connectivity index (χ1n) is 7.65. The second kappa shape index (κ2) is 6.67. The van der Waals surface area contributed by atoms with E-state index in [2.05, 4.69) is 15.1 Å². The molecular formula is C15H17N5O3S. The number of hydrogen-bond acceptors (Lipinski definition) is 7. The van der Waals surface area contributed by atoms with Gasteiger partial charge < -0.3 is 4.52 Å². The summed E-state index contributed by atoms with van der Waals surface area (Å²) in [6, 6.07) is 4.79. The van der Waals surface area contributed by atoms with Gasteiger partial charge in [0.2, 0.25) is 15.9 Å². The predicted molar refractivity (Wildman–Crippen MR) is 83.2 cm³/mol. The van der Waals surface area contributed by atoms with Crippen molar-refractivity contribution in [3.05, 3.63) is 35.7 Å². The van der Waals surface area contributed by atoms with Crippen molar-refractivity contribution in [1.82, 2.24) is 19.4 Å². The van der Waals surface area contributed by atoms with Gasteiger partial charge in [0.15, 0.2) is 11.5 Å². The van der Waals surface area contributed by atoms with E-state index in [0.29, 0.717) is 31.2 Å². The van der Waals surface area contributed by atoms with E-state index in [0.717, 1.165) is 12.8 Å². The van der Waals surface area contributed by atoms with Crippen molar-refractivity contribution in [3.8, 4) is 6.07 Å². The molecule has 9 heteroatoms. The van der Waals surface area contributed by atoms with E-state index in [9.17, 15) is 8.42 Å². The van der Waals surface area contributed by atoms with Crippen molar-refractivity contribution in [1.29, 1.82) is 5.26 Å². The summed E-state index contributed by atoms with van der Waals surface area (Å²) in [6.07, 6.45) is 3.64. The molecule has 0 saturated carbocycles. The van der Waals surface area contributed by atoms with Crippen LogP contribution in [0.15, 0.2) is 27.7 Å². The van der Waals surface area contributed by atoms with Gasteiger partial charge >= 0.3 is 0 Å². The number of pyridine rings is 1. The lowest BCUT2D eigenvalue weighted by atomic mass is 9.96. The highest BCUT2D eigenvalue weighted by Crippen LogP contribution is 2.26. The molecule has 1 aliphatic rings. The normalized spacial score (nSPS) is 19.1. The zero-order valence-corrected chi connectivity index (χ0v) is 14.0. The minimum Gasteiger partial charge on any atom is -0.340 e. The maximum atomic E-state index is 12.9. The second-order valence-corrected chi connectivity index (χ2v) is 7.67. The smallest absolute Gasteiger partial charge is 0.245 e. The van der Waals surface area contributed by atoms with Gasteiger partial charge in [-0.05, 0) is 30.9 Å². The molecule has 2 aromatic rings. The maximum Gasteiger partial charge on any atom is 0.245 e. The van der Waals surface area contributed by atoms with Crippen molar-refractivity contribution in [2.75, 3.05) is 13.1 Å². The molecule has 0 aromatic carbocycles. The monoisotopic (exact) mass is 347 g/mol. The van der Waals surface area contributed by atoms with Crippen LogP contribution in [0.3, 0.4) is 0 Å². The molecule has 1 fully saturated rings. The fourth-order valence-electron chi connectivity index (χ4n) is 2.92. The molecule has 0 aliphatic carbocycles. The Morgan fingerprint density at radius 1 is 1.50 bits per heavy atom. The number of hydrogen-bond donors (Lipinski definition) is 0. The van der Waals surface area contributed by atoms with Gasteiger partial charge in [-0.2, -0.15) is 14.6 Å². The van der Waals surface area contributed by atoms with Crippen molar-refractivity contribution >= 4 is 10.0 Å². The van der Waals surface area contributed by atoms with Gasteiger partial charge in [-0.25, -0.2) is 13.4 Å². The molecular weight excluding hydrogens is 330 g/mol. The van der Waals surface area contributed by atoms with Crippen molar-refractivity contribution in [2.45, 2.75) is 31.1 Å². The van der Waals surface area contributed by atoms with Crippen LogP contribution in [-0.4, -0.2) is 40.9 Å². The molecule has 2 aromatic heterocycles. The predicted octanol–water partition coefficient (Wildman–Crippen LogP) is 1.29. The summed E-state index contributed by atoms with van der Waals surface area (Å²) < 4.78 is 32.1. The van der Waals surface area contributed by atoms with E-state index in [1.54, 1.807) is 6.92 Å². The van der Waals surface area contributed by atoms with E-state index in [1.807, 2.05) is 6.07 Å². The van der Waals surface area contributed by atoms with E-state index in [1.165, 1.54) is 22.6 Å². The van der Waals surface area contributed by atoms with Crippen LogP contribution in [0.1, 0.15) is 30.3 Å². The number of rotatable bonds is 4. The lowest BCUT2D eigenvalue weighted by Gasteiger charge is -2.31. The average Bonchev–Trinajstić information content (AvgIpc) is 3.00. The van der Waals surface area contributed by atoms with Crippen LogP contribution in [0.4, 0.5) is 0 Å². The molecule has 0 unspecified atom stereocenters. The summed E-state index contributed by atoms with van der Waals surface area (Å²) in [4.78, 5) is 7.99. The highest BCUT2D eigenvalue weighted by molar-refractivity contribution is 7.89. The Morgan fingerprint density at radius 2 is 2.33 bits per heavy atom. The maximum absolute atomic E-state index is 12.9. The van der Waals surface area contributed by atoms with Crippen LogP contribution in [-0.2, 0) is 16.4 Å². The molecule has 8 nitrogen and oxygen atoms in total. The Bertz CT molecular complexity index is 871. The first-order chi connectivity index (χ1) is 11.5. The Hall–Kier alpha value is -2.31. The summed E-state index contributed by atoms with van der Waals surface area (Å²) >= 11 is 0. The van der Waals surface area contributed by atoms with Crippen LogP contribution >= 0.6 is 0 Å². The minimum absolute atomic E-state index is 0.0384. The fourth-order valence-corrected chi connectivity index (χ4v) is 4.56. The van der Waals surface area contributed by atoms with E-state index in [4.69, 9.17) is 9.78 Å². The highest BCUT2D eigenvalue weighted by atomic mass is 32.2. The molecule has 3 rings (SSSR count). The summed E-state index contributed by atoms with van der Waals surface area (Å²) in [6.45, 7) is 2.53. The number of piperidine rings is 1. The van der Waals surface area contributed by atoms with Crippen LogP contribution in [0, 0.1) is 24.2 Å². The van der Waals surface area contributed by atoms with Crippen molar-refractivity contribution in [2.24, 2.45) is 5.92 Å². The second-order valence-electron chi connectivity index (χ2n) is 5.77. The van der Waals surface area contributed by atoms with Gasteiger partial charge in [-0.15, -0.1) is 0 Å². The summed E-state index contributed by atoms with van der Waals surface area (Å²) in [5.74, 6) is 1.21. The Labute approximate surface area is 140 Å². The molecule has 0 N–H and O–H groups in total. The molecule has 126 valence electrons.